The minimum Gasteiger partial charge on any atom is -0.497 e. The molecule has 2 fully saturated rings. The summed E-state index contributed by atoms with van der Waals surface area (Å²) in [5, 5.41) is 4.59. The molecule has 38 heavy (non-hydrogen) atoms. The van der Waals surface area contributed by atoms with Gasteiger partial charge in [-0.2, -0.15) is 0 Å². The molecular formula is C29H39N3O6. The predicted octanol–water partition coefficient (Wildman–Crippen LogP) is 4.65. The van der Waals surface area contributed by atoms with Crippen molar-refractivity contribution in [2.24, 2.45) is 5.92 Å². The molecule has 1 saturated heterocycles. The maximum Gasteiger partial charge on any atom is 0.408 e. The highest BCUT2D eigenvalue weighted by molar-refractivity contribution is 5.92. The van der Waals surface area contributed by atoms with E-state index in [2.05, 4.69) is 10.3 Å². The van der Waals surface area contributed by atoms with Crippen molar-refractivity contribution in [2.45, 2.75) is 90.0 Å². The third-order valence-corrected chi connectivity index (χ3v) is 7.29. The van der Waals surface area contributed by atoms with Crippen molar-refractivity contribution in [1.82, 2.24) is 15.2 Å². The van der Waals surface area contributed by atoms with E-state index in [1.807, 2.05) is 24.3 Å². The molecule has 1 N–H and O–H groups in total. The molecule has 2 aliphatic rings. The summed E-state index contributed by atoms with van der Waals surface area (Å²) < 4.78 is 17.1. The quantitative estimate of drug-likeness (QED) is 0.560. The summed E-state index contributed by atoms with van der Waals surface area (Å²) in [6, 6.07) is 6.13. The molecule has 1 aromatic carbocycles. The van der Waals surface area contributed by atoms with Gasteiger partial charge in [-0.15, -0.1) is 0 Å². The van der Waals surface area contributed by atoms with E-state index < -0.39 is 29.9 Å². The van der Waals surface area contributed by atoms with Gasteiger partial charge in [-0.1, -0.05) is 19.3 Å². The third kappa shape index (κ3) is 6.55. The number of likely N-dealkylation sites (tertiary alicyclic amines) is 1. The van der Waals surface area contributed by atoms with Crippen molar-refractivity contribution in [3.05, 3.63) is 30.5 Å². The number of rotatable bonds is 7. The van der Waals surface area contributed by atoms with E-state index in [1.165, 1.54) is 6.92 Å². The van der Waals surface area contributed by atoms with E-state index in [0.29, 0.717) is 12.3 Å². The Labute approximate surface area is 224 Å². The number of alkyl carbamates (subject to hydrolysis) is 1. The van der Waals surface area contributed by atoms with Gasteiger partial charge in [0, 0.05) is 18.0 Å². The molecule has 1 aliphatic heterocycles. The Morgan fingerprint density at radius 2 is 1.84 bits per heavy atom. The topological polar surface area (TPSA) is 107 Å². The number of hydrogen-bond acceptors (Lipinski definition) is 7. The number of pyridine rings is 1. The summed E-state index contributed by atoms with van der Waals surface area (Å²) in [6.45, 7) is 7.09. The average Bonchev–Trinajstić information content (AvgIpc) is 3.30. The zero-order valence-electron chi connectivity index (χ0n) is 23.0. The number of benzene rings is 1. The van der Waals surface area contributed by atoms with Crippen LogP contribution in [0.15, 0.2) is 30.5 Å². The number of hydrogen-bond donors (Lipinski definition) is 1. The maximum absolute atomic E-state index is 14.0. The Morgan fingerprint density at radius 1 is 1.11 bits per heavy atom. The standard InChI is InChI=1S/C29H39N3O6/c1-18(33)24-16-22(37-26-23-12-11-21(36-5)15-20(23)13-14-30-26)17-32(24)27(34)25(19-9-7-6-8-10-19)31-28(35)38-29(2,3)4/h11-15,19,22,24-25H,6-10,16-17H2,1-5H3,(H,31,35)/t22-,24+,25+/m1/s1. The van der Waals surface area contributed by atoms with E-state index >= 15 is 0 Å². The Kier molecular flexibility index (Phi) is 8.43. The number of methoxy groups -OCH3 is 1. The van der Waals surface area contributed by atoms with Gasteiger partial charge >= 0.3 is 6.09 Å². The minimum atomic E-state index is -0.756. The summed E-state index contributed by atoms with van der Waals surface area (Å²) in [5.41, 5.74) is -0.686. The molecule has 0 radical (unpaired) electrons. The van der Waals surface area contributed by atoms with Crippen LogP contribution in [-0.2, 0) is 14.3 Å². The minimum absolute atomic E-state index is 0.00828. The number of amides is 2. The molecule has 4 rings (SSSR count). The number of carbonyl (C=O) groups is 3. The zero-order chi connectivity index (χ0) is 27.4. The van der Waals surface area contributed by atoms with Crippen molar-refractivity contribution in [3.8, 4) is 11.6 Å². The van der Waals surface area contributed by atoms with Gasteiger partial charge in [0.15, 0.2) is 5.78 Å². The van der Waals surface area contributed by atoms with Crippen LogP contribution in [0.4, 0.5) is 4.79 Å². The summed E-state index contributed by atoms with van der Waals surface area (Å²) in [6.07, 6.45) is 5.80. The number of nitrogens with one attached hydrogen (secondary N) is 1. The number of carbonyl (C=O) groups excluding carboxylic acids is 3. The highest BCUT2D eigenvalue weighted by Gasteiger charge is 2.44. The zero-order valence-corrected chi connectivity index (χ0v) is 23.0. The lowest BCUT2D eigenvalue weighted by Crippen LogP contribution is -2.55. The second kappa shape index (κ2) is 11.6. The maximum atomic E-state index is 14.0. The first kappa shape index (κ1) is 27.7. The molecule has 9 heteroatoms. The number of ketones is 1. The van der Waals surface area contributed by atoms with Crippen LogP contribution in [0.5, 0.6) is 11.6 Å². The summed E-state index contributed by atoms with van der Waals surface area (Å²) in [5.74, 6) is 0.799. The lowest BCUT2D eigenvalue weighted by Gasteiger charge is -2.34. The molecule has 2 aromatic rings. The molecule has 1 aliphatic carbocycles. The number of Topliss-reactive ketones (excluding diaryl/α,β-unsaturated/α-hetero) is 1. The molecule has 3 atom stereocenters. The second-order valence-electron chi connectivity index (χ2n) is 11.3. The van der Waals surface area contributed by atoms with Crippen LogP contribution in [-0.4, -0.2) is 65.1 Å². The van der Waals surface area contributed by atoms with E-state index in [1.54, 1.807) is 39.0 Å². The van der Waals surface area contributed by atoms with Crippen LogP contribution in [0, 0.1) is 5.92 Å². The van der Waals surface area contributed by atoms with E-state index in [9.17, 15) is 14.4 Å². The van der Waals surface area contributed by atoms with Crippen molar-refractivity contribution in [2.75, 3.05) is 13.7 Å². The van der Waals surface area contributed by atoms with Gasteiger partial charge in [-0.3, -0.25) is 9.59 Å². The van der Waals surface area contributed by atoms with E-state index in [4.69, 9.17) is 14.2 Å². The van der Waals surface area contributed by atoms with Gasteiger partial charge in [0.1, 0.15) is 23.5 Å². The lowest BCUT2D eigenvalue weighted by molar-refractivity contribution is -0.140. The number of aromatic nitrogens is 1. The summed E-state index contributed by atoms with van der Waals surface area (Å²) in [4.78, 5) is 45.3. The van der Waals surface area contributed by atoms with Crippen LogP contribution in [0.2, 0.25) is 0 Å². The molecule has 9 nitrogen and oxygen atoms in total. The highest BCUT2D eigenvalue weighted by atomic mass is 16.6. The SMILES string of the molecule is COc1ccc2c(O[C@@H]3C[C@@H](C(C)=O)N(C(=O)[C@@H](NC(=O)OC(C)(C)C)C4CCCCC4)C3)nccc2c1. The largest absolute Gasteiger partial charge is 0.497 e. The van der Waals surface area contributed by atoms with Crippen LogP contribution < -0.4 is 14.8 Å². The van der Waals surface area contributed by atoms with Gasteiger partial charge < -0.3 is 24.4 Å². The van der Waals surface area contributed by atoms with Gasteiger partial charge in [0.25, 0.3) is 0 Å². The Hall–Kier alpha value is -3.36. The smallest absolute Gasteiger partial charge is 0.408 e. The Balaban J connectivity index is 1.55. The molecule has 2 amide bonds. The fourth-order valence-electron chi connectivity index (χ4n) is 5.48. The van der Waals surface area contributed by atoms with Gasteiger partial charge in [0.05, 0.1) is 19.7 Å². The number of nitrogens with zero attached hydrogens (tertiary/aromatic N) is 2. The summed E-state index contributed by atoms with van der Waals surface area (Å²) >= 11 is 0. The van der Waals surface area contributed by atoms with E-state index in [0.717, 1.165) is 48.6 Å². The van der Waals surface area contributed by atoms with Crippen LogP contribution >= 0.6 is 0 Å². The molecule has 0 bridgehead atoms. The normalized spacial score (nSPS) is 21.1. The molecule has 0 spiro atoms. The first-order valence-corrected chi connectivity index (χ1v) is 13.5. The van der Waals surface area contributed by atoms with Crippen molar-refractivity contribution >= 4 is 28.6 Å². The number of fused-ring (bicyclic) bond motifs is 1. The van der Waals surface area contributed by atoms with Crippen LogP contribution in [0.1, 0.15) is 66.2 Å². The van der Waals surface area contributed by atoms with Gasteiger partial charge in [-0.05, 0) is 76.1 Å². The Bertz CT molecular complexity index is 1170. The molecule has 2 heterocycles. The lowest BCUT2D eigenvalue weighted by atomic mass is 9.83. The van der Waals surface area contributed by atoms with E-state index in [-0.39, 0.29) is 24.2 Å². The predicted molar refractivity (Wildman–Crippen MR) is 143 cm³/mol. The molecule has 0 unspecified atom stereocenters. The van der Waals surface area contributed by atoms with Gasteiger partial charge in [0.2, 0.25) is 11.8 Å². The number of ether oxygens (including phenoxy) is 3. The fraction of sp³-hybridized carbons (Fsp3) is 0.586. The first-order valence-electron chi connectivity index (χ1n) is 13.5. The molecular weight excluding hydrogens is 486 g/mol. The monoisotopic (exact) mass is 525 g/mol. The fourth-order valence-corrected chi connectivity index (χ4v) is 5.48. The highest BCUT2D eigenvalue weighted by Crippen LogP contribution is 2.32. The summed E-state index contributed by atoms with van der Waals surface area (Å²) in [7, 11) is 1.62. The molecule has 1 aromatic heterocycles. The van der Waals surface area contributed by atoms with Crippen molar-refractivity contribution in [3.63, 3.8) is 0 Å². The van der Waals surface area contributed by atoms with Crippen molar-refractivity contribution < 1.29 is 28.6 Å². The second-order valence-corrected chi connectivity index (χ2v) is 11.3. The Morgan fingerprint density at radius 3 is 2.50 bits per heavy atom. The third-order valence-electron chi connectivity index (χ3n) is 7.29. The average molecular weight is 526 g/mol. The van der Waals surface area contributed by atoms with Gasteiger partial charge in [-0.25, -0.2) is 9.78 Å². The van der Waals surface area contributed by atoms with Crippen molar-refractivity contribution in [1.29, 1.82) is 0 Å². The first-order chi connectivity index (χ1) is 18.1. The van der Waals surface area contributed by atoms with Crippen LogP contribution in [0.3, 0.4) is 0 Å². The molecule has 1 saturated carbocycles. The van der Waals surface area contributed by atoms with Crippen LogP contribution in [0.25, 0.3) is 10.8 Å². The molecule has 206 valence electrons.